The lowest BCUT2D eigenvalue weighted by Crippen LogP contribution is -2.03. The Bertz CT molecular complexity index is 422. The molecule has 0 fully saturated rings. The Labute approximate surface area is 82.9 Å². The number of phenols is 1. The van der Waals surface area contributed by atoms with E-state index in [9.17, 15) is 13.5 Å². The van der Waals surface area contributed by atoms with Crippen molar-refractivity contribution in [3.63, 3.8) is 0 Å². The first kappa shape index (κ1) is 11.0. The number of aromatic hydroxyl groups is 1. The van der Waals surface area contributed by atoms with Crippen molar-refractivity contribution in [2.75, 3.05) is 0 Å². The van der Waals surface area contributed by atoms with Crippen LogP contribution >= 0.6 is 0 Å². The molecule has 0 aromatic heterocycles. The molecule has 0 atom stereocenters. The smallest absolute Gasteiger partial charge is 0.294 e. The van der Waals surface area contributed by atoms with Crippen LogP contribution in [0.3, 0.4) is 0 Å². The maximum Gasteiger partial charge on any atom is 0.294 e. The minimum absolute atomic E-state index is 0.0954. The number of phenolic OH excluding ortho intramolecular Hbond substituents is 1. The Kier molecular flexibility index (Phi) is 3.13. The van der Waals surface area contributed by atoms with Crippen molar-refractivity contribution in [3.8, 4) is 5.75 Å². The quantitative estimate of drug-likeness (QED) is 0.752. The van der Waals surface area contributed by atoms with Crippen molar-refractivity contribution >= 4 is 10.1 Å². The predicted molar refractivity (Wildman–Crippen MR) is 51.9 cm³/mol. The maximum atomic E-state index is 10.9. The van der Waals surface area contributed by atoms with Gasteiger partial charge in [0.15, 0.2) is 0 Å². The van der Waals surface area contributed by atoms with Gasteiger partial charge in [-0.15, -0.1) is 0 Å². The largest absolute Gasteiger partial charge is 0.508 e. The predicted octanol–water partition coefficient (Wildman–Crippen LogP) is 1.59. The topological polar surface area (TPSA) is 74.6 Å². The molecule has 0 aliphatic rings. The van der Waals surface area contributed by atoms with E-state index in [4.69, 9.17) is 4.55 Å². The second kappa shape index (κ2) is 3.98. The van der Waals surface area contributed by atoms with Crippen LogP contribution in [-0.4, -0.2) is 18.1 Å². The molecular weight excluding hydrogens is 204 g/mol. The molecule has 0 unspecified atom stereocenters. The number of hydrogen-bond acceptors (Lipinski definition) is 3. The van der Waals surface area contributed by atoms with E-state index in [2.05, 4.69) is 0 Å². The summed E-state index contributed by atoms with van der Waals surface area (Å²) in [6, 6.07) is 4.07. The highest BCUT2D eigenvalue weighted by molar-refractivity contribution is 7.85. The molecule has 0 spiro atoms. The lowest BCUT2D eigenvalue weighted by molar-refractivity contribution is 0.457. The van der Waals surface area contributed by atoms with Gasteiger partial charge in [-0.05, 0) is 18.6 Å². The minimum Gasteiger partial charge on any atom is -0.508 e. The molecule has 14 heavy (non-hydrogen) atoms. The van der Waals surface area contributed by atoms with E-state index >= 15 is 0 Å². The summed E-state index contributed by atoms with van der Waals surface area (Å²) in [6.07, 6.45) is 1.11. The molecule has 0 saturated heterocycles. The van der Waals surface area contributed by atoms with Crippen molar-refractivity contribution in [2.45, 2.75) is 24.7 Å². The van der Waals surface area contributed by atoms with Gasteiger partial charge in [0.2, 0.25) is 0 Å². The van der Waals surface area contributed by atoms with Crippen LogP contribution in [0.25, 0.3) is 0 Å². The fourth-order valence-electron chi connectivity index (χ4n) is 1.30. The summed E-state index contributed by atoms with van der Waals surface area (Å²) < 4.78 is 30.7. The zero-order valence-electron chi connectivity index (χ0n) is 7.77. The standard InChI is InChI=1S/C9H12O4S/c1-2-4-7-8(10)5-3-6-9(7)14(11,12)13/h3,5-6,10H,2,4H2,1H3,(H,11,12,13). The molecule has 0 aliphatic heterocycles. The van der Waals surface area contributed by atoms with Gasteiger partial charge in [-0.2, -0.15) is 8.42 Å². The lowest BCUT2D eigenvalue weighted by atomic mass is 10.1. The Morgan fingerprint density at radius 1 is 1.36 bits per heavy atom. The molecule has 0 aliphatic carbocycles. The van der Waals surface area contributed by atoms with Gasteiger partial charge in [0.05, 0.1) is 0 Å². The molecule has 1 rings (SSSR count). The average molecular weight is 216 g/mol. The summed E-state index contributed by atoms with van der Waals surface area (Å²) in [4.78, 5) is -0.209. The monoisotopic (exact) mass is 216 g/mol. The second-order valence-electron chi connectivity index (χ2n) is 2.98. The highest BCUT2D eigenvalue weighted by atomic mass is 32.2. The van der Waals surface area contributed by atoms with Gasteiger partial charge >= 0.3 is 0 Å². The Morgan fingerprint density at radius 2 is 2.00 bits per heavy atom. The van der Waals surface area contributed by atoms with Gasteiger partial charge in [0.25, 0.3) is 10.1 Å². The lowest BCUT2D eigenvalue weighted by Gasteiger charge is -2.07. The first-order valence-corrected chi connectivity index (χ1v) is 5.69. The van der Waals surface area contributed by atoms with Crippen molar-refractivity contribution in [2.24, 2.45) is 0 Å². The molecule has 78 valence electrons. The highest BCUT2D eigenvalue weighted by Gasteiger charge is 2.16. The molecule has 0 amide bonds. The van der Waals surface area contributed by atoms with E-state index in [-0.39, 0.29) is 16.2 Å². The summed E-state index contributed by atoms with van der Waals surface area (Å²) in [5, 5.41) is 9.41. The van der Waals surface area contributed by atoms with Gasteiger partial charge in [-0.1, -0.05) is 19.4 Å². The highest BCUT2D eigenvalue weighted by Crippen LogP contribution is 2.25. The molecular formula is C9H12O4S. The molecule has 0 heterocycles. The van der Waals surface area contributed by atoms with Crippen LogP contribution in [0, 0.1) is 0 Å². The van der Waals surface area contributed by atoms with Crippen LogP contribution in [0.1, 0.15) is 18.9 Å². The summed E-state index contributed by atoms with van der Waals surface area (Å²) in [6.45, 7) is 1.86. The van der Waals surface area contributed by atoms with Crippen LogP contribution in [0.15, 0.2) is 23.1 Å². The van der Waals surface area contributed by atoms with Crippen LogP contribution in [0.5, 0.6) is 5.75 Å². The maximum absolute atomic E-state index is 10.9. The molecule has 0 radical (unpaired) electrons. The van der Waals surface area contributed by atoms with E-state index in [0.717, 1.165) is 0 Å². The fourth-order valence-corrected chi connectivity index (χ4v) is 2.07. The zero-order valence-corrected chi connectivity index (χ0v) is 8.58. The first-order valence-electron chi connectivity index (χ1n) is 4.25. The van der Waals surface area contributed by atoms with Gasteiger partial charge < -0.3 is 5.11 Å². The van der Waals surface area contributed by atoms with Crippen LogP contribution in [0.2, 0.25) is 0 Å². The van der Waals surface area contributed by atoms with Crippen molar-refractivity contribution in [1.82, 2.24) is 0 Å². The molecule has 0 bridgehead atoms. The van der Waals surface area contributed by atoms with E-state index in [0.29, 0.717) is 12.8 Å². The molecule has 0 saturated carbocycles. The molecule has 4 nitrogen and oxygen atoms in total. The Balaban J connectivity index is 3.36. The summed E-state index contributed by atoms with van der Waals surface area (Å²) in [5.74, 6) is -0.0954. The Hall–Kier alpha value is -1.07. The van der Waals surface area contributed by atoms with Crippen molar-refractivity contribution in [3.05, 3.63) is 23.8 Å². The zero-order chi connectivity index (χ0) is 10.8. The van der Waals surface area contributed by atoms with Gasteiger partial charge in [-0.25, -0.2) is 0 Å². The SMILES string of the molecule is CCCc1c(O)cccc1S(=O)(=O)O. The van der Waals surface area contributed by atoms with Gasteiger partial charge in [0.1, 0.15) is 10.6 Å². The molecule has 2 N–H and O–H groups in total. The number of hydrogen-bond donors (Lipinski definition) is 2. The van der Waals surface area contributed by atoms with E-state index in [1.54, 1.807) is 0 Å². The van der Waals surface area contributed by atoms with Gasteiger partial charge in [-0.3, -0.25) is 4.55 Å². The minimum atomic E-state index is -4.24. The van der Waals surface area contributed by atoms with E-state index in [1.807, 2.05) is 6.92 Å². The number of rotatable bonds is 3. The average Bonchev–Trinajstić information content (AvgIpc) is 2.07. The summed E-state index contributed by atoms with van der Waals surface area (Å²) in [7, 11) is -4.24. The second-order valence-corrected chi connectivity index (χ2v) is 4.37. The van der Waals surface area contributed by atoms with Gasteiger partial charge in [0, 0.05) is 5.56 Å². The fraction of sp³-hybridized carbons (Fsp3) is 0.333. The number of benzene rings is 1. The van der Waals surface area contributed by atoms with E-state index in [1.165, 1.54) is 18.2 Å². The van der Waals surface area contributed by atoms with E-state index < -0.39 is 10.1 Å². The molecule has 1 aromatic carbocycles. The Morgan fingerprint density at radius 3 is 2.50 bits per heavy atom. The normalized spacial score (nSPS) is 11.6. The molecule has 1 aromatic rings. The van der Waals surface area contributed by atoms with Crippen LogP contribution in [-0.2, 0) is 16.5 Å². The third-order valence-electron chi connectivity index (χ3n) is 1.89. The van der Waals surface area contributed by atoms with Crippen molar-refractivity contribution in [1.29, 1.82) is 0 Å². The first-order chi connectivity index (χ1) is 6.46. The third kappa shape index (κ3) is 2.24. The third-order valence-corrected chi connectivity index (χ3v) is 2.82. The van der Waals surface area contributed by atoms with Crippen LogP contribution in [0.4, 0.5) is 0 Å². The summed E-state index contributed by atoms with van der Waals surface area (Å²) >= 11 is 0. The summed E-state index contributed by atoms with van der Waals surface area (Å²) in [5.41, 5.74) is 0.275. The molecule has 5 heteroatoms. The van der Waals surface area contributed by atoms with Crippen LogP contribution < -0.4 is 0 Å². The van der Waals surface area contributed by atoms with Crippen molar-refractivity contribution < 1.29 is 18.1 Å².